The summed E-state index contributed by atoms with van der Waals surface area (Å²) in [5.74, 6) is 0.469. The van der Waals surface area contributed by atoms with Crippen molar-refractivity contribution in [2.45, 2.75) is 99.3 Å². The van der Waals surface area contributed by atoms with Crippen molar-refractivity contribution >= 4 is 11.6 Å². The number of hydrogen-bond acceptors (Lipinski definition) is 2. The second-order valence-electron chi connectivity index (χ2n) is 7.95. The van der Waals surface area contributed by atoms with Gasteiger partial charge < -0.3 is 0 Å². The Morgan fingerprint density at radius 3 is 1.87 bits per heavy atom. The fourth-order valence-corrected chi connectivity index (χ4v) is 2.86. The number of ketones is 2. The van der Waals surface area contributed by atoms with Crippen molar-refractivity contribution in [3.63, 3.8) is 0 Å². The zero-order chi connectivity index (χ0) is 18.1. The second kappa shape index (κ2) is 10.1. The highest BCUT2D eigenvalue weighted by molar-refractivity contribution is 5.85. The van der Waals surface area contributed by atoms with Gasteiger partial charge >= 0.3 is 0 Å². The number of carbonyl (C=O) groups is 2. The normalized spacial score (nSPS) is 14.3. The van der Waals surface area contributed by atoms with Crippen molar-refractivity contribution in [1.82, 2.24) is 0 Å². The van der Waals surface area contributed by atoms with Crippen molar-refractivity contribution in [1.29, 1.82) is 0 Å². The van der Waals surface area contributed by atoms with Crippen molar-refractivity contribution in [3.8, 4) is 0 Å². The molecule has 1 unspecified atom stereocenters. The number of Topliss-reactive ketones (excluding diaryl/α,β-unsaturated/α-hetero) is 2. The predicted molar refractivity (Wildman–Crippen MR) is 99.6 cm³/mol. The molecule has 0 aromatic heterocycles. The summed E-state index contributed by atoms with van der Waals surface area (Å²) in [7, 11) is 0. The first kappa shape index (κ1) is 22.1. The predicted octanol–water partition coefficient (Wildman–Crippen LogP) is 6.28. The summed E-state index contributed by atoms with van der Waals surface area (Å²) in [6.07, 6.45) is 9.48. The van der Waals surface area contributed by atoms with Crippen LogP contribution in [-0.4, -0.2) is 11.6 Å². The lowest BCUT2D eigenvalue weighted by Gasteiger charge is -2.30. The standard InChI is InChI=1S/C21H38O2/c1-8-9-10-11-14-17(2)21(7,19(4)23)16-13-12-15-20(5,6)18(3)22/h2,8-16H2,1,3-7H3. The van der Waals surface area contributed by atoms with Gasteiger partial charge in [-0.3, -0.25) is 9.59 Å². The lowest BCUT2D eigenvalue weighted by molar-refractivity contribution is -0.126. The number of unbranched alkanes of at least 4 members (excludes halogenated alkanes) is 4. The van der Waals surface area contributed by atoms with Crippen LogP contribution in [0, 0.1) is 10.8 Å². The minimum atomic E-state index is -0.396. The first-order chi connectivity index (χ1) is 10.6. The average molecular weight is 323 g/mol. The molecule has 0 amide bonds. The van der Waals surface area contributed by atoms with Crippen LogP contribution in [0.5, 0.6) is 0 Å². The minimum absolute atomic E-state index is 0.226. The fraction of sp³-hybridized carbons (Fsp3) is 0.810. The highest BCUT2D eigenvalue weighted by Crippen LogP contribution is 2.37. The number of rotatable bonds is 13. The molecule has 0 heterocycles. The molecular weight excluding hydrogens is 284 g/mol. The van der Waals surface area contributed by atoms with Gasteiger partial charge in [0.05, 0.1) is 0 Å². The van der Waals surface area contributed by atoms with Crippen molar-refractivity contribution < 1.29 is 9.59 Å². The first-order valence-electron chi connectivity index (χ1n) is 9.28. The lowest BCUT2D eigenvalue weighted by Crippen LogP contribution is -2.28. The summed E-state index contributed by atoms with van der Waals surface area (Å²) in [5, 5.41) is 0. The molecule has 0 aromatic carbocycles. The molecule has 0 aliphatic heterocycles. The van der Waals surface area contributed by atoms with E-state index in [-0.39, 0.29) is 17.0 Å². The van der Waals surface area contributed by atoms with Gasteiger partial charge in [0.2, 0.25) is 0 Å². The zero-order valence-corrected chi connectivity index (χ0v) is 16.4. The van der Waals surface area contributed by atoms with Crippen LogP contribution in [0.25, 0.3) is 0 Å². The molecule has 0 aliphatic carbocycles. The number of hydrogen-bond donors (Lipinski definition) is 0. The number of carbonyl (C=O) groups excluding carboxylic acids is 2. The SMILES string of the molecule is C=C(CCCCCC)C(C)(CCCCC(C)(C)C(C)=O)C(C)=O. The van der Waals surface area contributed by atoms with E-state index in [4.69, 9.17) is 0 Å². The molecule has 0 saturated heterocycles. The molecule has 23 heavy (non-hydrogen) atoms. The van der Waals surface area contributed by atoms with Crippen LogP contribution in [0.2, 0.25) is 0 Å². The van der Waals surface area contributed by atoms with E-state index in [0.29, 0.717) is 0 Å². The fourth-order valence-electron chi connectivity index (χ4n) is 2.86. The van der Waals surface area contributed by atoms with Crippen molar-refractivity contribution in [2.75, 3.05) is 0 Å². The van der Waals surface area contributed by atoms with E-state index in [1.807, 2.05) is 20.8 Å². The summed E-state index contributed by atoms with van der Waals surface area (Å²) in [6.45, 7) is 15.8. The van der Waals surface area contributed by atoms with Crippen LogP contribution in [-0.2, 0) is 9.59 Å². The Morgan fingerprint density at radius 2 is 1.39 bits per heavy atom. The van der Waals surface area contributed by atoms with Gasteiger partial charge in [-0.2, -0.15) is 0 Å². The molecule has 0 radical (unpaired) electrons. The van der Waals surface area contributed by atoms with E-state index in [0.717, 1.165) is 44.1 Å². The Bertz CT molecular complexity index is 406. The van der Waals surface area contributed by atoms with Gasteiger partial charge in [-0.25, -0.2) is 0 Å². The van der Waals surface area contributed by atoms with Crippen LogP contribution in [0.1, 0.15) is 99.3 Å². The summed E-state index contributed by atoms with van der Waals surface area (Å²) in [6, 6.07) is 0. The third kappa shape index (κ3) is 7.46. The summed E-state index contributed by atoms with van der Waals surface area (Å²) in [4.78, 5) is 23.8. The van der Waals surface area contributed by atoms with E-state index < -0.39 is 5.41 Å². The molecule has 0 rings (SSSR count). The van der Waals surface area contributed by atoms with Crippen LogP contribution >= 0.6 is 0 Å². The lowest BCUT2D eigenvalue weighted by atomic mass is 9.73. The molecular formula is C21H38O2. The monoisotopic (exact) mass is 322 g/mol. The Balaban J connectivity index is 4.46. The third-order valence-electron chi connectivity index (χ3n) is 5.57. The maximum Gasteiger partial charge on any atom is 0.139 e. The molecule has 0 aliphatic rings. The van der Waals surface area contributed by atoms with E-state index in [2.05, 4.69) is 13.5 Å². The van der Waals surface area contributed by atoms with E-state index >= 15 is 0 Å². The van der Waals surface area contributed by atoms with Crippen molar-refractivity contribution in [2.24, 2.45) is 10.8 Å². The Kier molecular flexibility index (Phi) is 9.65. The van der Waals surface area contributed by atoms with Crippen LogP contribution in [0.4, 0.5) is 0 Å². The van der Waals surface area contributed by atoms with Gasteiger partial charge in [-0.1, -0.05) is 65.0 Å². The van der Waals surface area contributed by atoms with Crippen LogP contribution in [0.15, 0.2) is 12.2 Å². The van der Waals surface area contributed by atoms with Gasteiger partial charge in [0.15, 0.2) is 0 Å². The molecule has 1 atom stereocenters. The molecule has 0 aromatic rings. The van der Waals surface area contributed by atoms with Gasteiger partial charge in [0.1, 0.15) is 11.6 Å². The summed E-state index contributed by atoms with van der Waals surface area (Å²) >= 11 is 0. The highest BCUT2D eigenvalue weighted by Gasteiger charge is 2.32. The summed E-state index contributed by atoms with van der Waals surface area (Å²) in [5.41, 5.74) is 0.447. The molecule has 0 fully saturated rings. The smallest absolute Gasteiger partial charge is 0.139 e. The molecule has 2 heteroatoms. The quantitative estimate of drug-likeness (QED) is 0.295. The van der Waals surface area contributed by atoms with Gasteiger partial charge in [0.25, 0.3) is 0 Å². The average Bonchev–Trinajstić information content (AvgIpc) is 2.47. The maximum absolute atomic E-state index is 12.2. The second-order valence-corrected chi connectivity index (χ2v) is 7.95. The molecule has 0 spiro atoms. The Morgan fingerprint density at radius 1 is 0.826 bits per heavy atom. The van der Waals surface area contributed by atoms with Gasteiger partial charge in [-0.05, 0) is 46.5 Å². The van der Waals surface area contributed by atoms with Crippen molar-refractivity contribution in [3.05, 3.63) is 12.2 Å². The van der Waals surface area contributed by atoms with E-state index in [1.54, 1.807) is 13.8 Å². The molecule has 0 saturated carbocycles. The maximum atomic E-state index is 12.2. The Hall–Kier alpha value is -0.920. The minimum Gasteiger partial charge on any atom is -0.299 e. The number of allylic oxidation sites excluding steroid dienone is 1. The van der Waals surface area contributed by atoms with E-state index in [1.165, 1.54) is 19.3 Å². The summed E-state index contributed by atoms with van der Waals surface area (Å²) < 4.78 is 0. The van der Waals surface area contributed by atoms with Crippen LogP contribution < -0.4 is 0 Å². The molecule has 134 valence electrons. The molecule has 0 N–H and O–H groups in total. The van der Waals surface area contributed by atoms with Crippen LogP contribution in [0.3, 0.4) is 0 Å². The largest absolute Gasteiger partial charge is 0.299 e. The Labute approximate surface area is 144 Å². The van der Waals surface area contributed by atoms with Gasteiger partial charge in [0, 0.05) is 10.8 Å². The first-order valence-corrected chi connectivity index (χ1v) is 9.28. The third-order valence-corrected chi connectivity index (χ3v) is 5.57. The molecule has 2 nitrogen and oxygen atoms in total. The van der Waals surface area contributed by atoms with Gasteiger partial charge in [-0.15, -0.1) is 0 Å². The van der Waals surface area contributed by atoms with E-state index in [9.17, 15) is 9.59 Å². The topological polar surface area (TPSA) is 34.1 Å². The zero-order valence-electron chi connectivity index (χ0n) is 16.4. The molecule has 0 bridgehead atoms. The highest BCUT2D eigenvalue weighted by atomic mass is 16.1.